The number of ether oxygens (including phenoxy) is 1. The van der Waals surface area contributed by atoms with E-state index in [1.807, 2.05) is 12.1 Å². The monoisotopic (exact) mass is 368 g/mol. The van der Waals surface area contributed by atoms with Gasteiger partial charge in [-0.2, -0.15) is 0 Å². The second kappa shape index (κ2) is 6.71. The van der Waals surface area contributed by atoms with Crippen LogP contribution in [0.2, 0.25) is 0 Å². The SMILES string of the molecule is CC(=O)NC[C@H]1CN(c2ccc(-n3cc4cccnc4c3)c(F)c2)C(=O)O1. The molecule has 3 aromatic rings. The predicted octanol–water partition coefficient (Wildman–Crippen LogP) is 2.63. The average molecular weight is 368 g/mol. The molecular weight excluding hydrogens is 351 g/mol. The number of nitrogens with zero attached hydrogens (tertiary/aromatic N) is 3. The Hall–Kier alpha value is -3.42. The number of amides is 2. The third-order valence-electron chi connectivity index (χ3n) is 4.38. The minimum atomic E-state index is -0.562. The molecule has 27 heavy (non-hydrogen) atoms. The van der Waals surface area contributed by atoms with Crippen LogP contribution in [0.4, 0.5) is 14.9 Å². The summed E-state index contributed by atoms with van der Waals surface area (Å²) >= 11 is 0. The summed E-state index contributed by atoms with van der Waals surface area (Å²) in [7, 11) is 0. The third-order valence-corrected chi connectivity index (χ3v) is 4.38. The fourth-order valence-electron chi connectivity index (χ4n) is 3.07. The highest BCUT2D eigenvalue weighted by molar-refractivity contribution is 5.90. The van der Waals surface area contributed by atoms with E-state index < -0.39 is 18.0 Å². The van der Waals surface area contributed by atoms with E-state index in [9.17, 15) is 14.0 Å². The predicted molar refractivity (Wildman–Crippen MR) is 97.3 cm³/mol. The van der Waals surface area contributed by atoms with E-state index in [-0.39, 0.29) is 19.0 Å². The van der Waals surface area contributed by atoms with Gasteiger partial charge in [0.05, 0.1) is 30.0 Å². The molecule has 0 saturated carbocycles. The summed E-state index contributed by atoms with van der Waals surface area (Å²) in [6, 6.07) is 8.30. The molecule has 1 aromatic carbocycles. The van der Waals surface area contributed by atoms with E-state index in [1.54, 1.807) is 35.3 Å². The molecule has 138 valence electrons. The van der Waals surface area contributed by atoms with E-state index in [2.05, 4.69) is 10.3 Å². The lowest BCUT2D eigenvalue weighted by Crippen LogP contribution is -2.33. The zero-order valence-electron chi connectivity index (χ0n) is 14.6. The molecule has 1 aliphatic rings. The Morgan fingerprint density at radius 1 is 1.37 bits per heavy atom. The number of nitrogens with one attached hydrogen (secondary N) is 1. The quantitative estimate of drug-likeness (QED) is 0.768. The molecule has 0 spiro atoms. The normalized spacial score (nSPS) is 16.6. The van der Waals surface area contributed by atoms with Gasteiger partial charge in [-0.3, -0.25) is 14.7 Å². The van der Waals surface area contributed by atoms with Crippen LogP contribution in [0.1, 0.15) is 6.92 Å². The molecule has 8 heteroatoms. The molecule has 1 aliphatic heterocycles. The topological polar surface area (TPSA) is 76.5 Å². The minimum absolute atomic E-state index is 0.200. The van der Waals surface area contributed by atoms with Gasteiger partial charge < -0.3 is 14.6 Å². The molecular formula is C19H17FN4O3. The van der Waals surface area contributed by atoms with Crippen LogP contribution in [0.3, 0.4) is 0 Å². The number of hydrogen-bond donors (Lipinski definition) is 1. The van der Waals surface area contributed by atoms with Crippen LogP contribution >= 0.6 is 0 Å². The molecule has 0 aliphatic carbocycles. The summed E-state index contributed by atoms with van der Waals surface area (Å²) in [6.07, 6.45) is 4.20. The average Bonchev–Trinajstić information content (AvgIpc) is 3.23. The number of rotatable bonds is 4. The van der Waals surface area contributed by atoms with Crippen molar-refractivity contribution in [3.8, 4) is 5.69 Å². The Balaban J connectivity index is 1.56. The largest absolute Gasteiger partial charge is 0.442 e. The highest BCUT2D eigenvalue weighted by Gasteiger charge is 2.32. The Labute approximate surface area is 154 Å². The smallest absolute Gasteiger partial charge is 0.414 e. The van der Waals surface area contributed by atoms with Crippen LogP contribution in [0.15, 0.2) is 48.9 Å². The molecule has 1 N–H and O–H groups in total. The number of carbonyl (C=O) groups excluding carboxylic acids is 2. The first-order chi connectivity index (χ1) is 13.0. The van der Waals surface area contributed by atoms with Crippen LogP contribution in [0.5, 0.6) is 0 Å². The molecule has 2 aromatic heterocycles. The van der Waals surface area contributed by atoms with Gasteiger partial charge in [-0.1, -0.05) is 0 Å². The van der Waals surface area contributed by atoms with Crippen molar-refractivity contribution in [2.24, 2.45) is 0 Å². The first-order valence-corrected chi connectivity index (χ1v) is 8.46. The van der Waals surface area contributed by atoms with Crippen LogP contribution < -0.4 is 10.2 Å². The minimum Gasteiger partial charge on any atom is -0.442 e. The molecule has 1 fully saturated rings. The van der Waals surface area contributed by atoms with Crippen molar-refractivity contribution in [2.45, 2.75) is 13.0 Å². The van der Waals surface area contributed by atoms with Crippen molar-refractivity contribution in [3.05, 3.63) is 54.7 Å². The lowest BCUT2D eigenvalue weighted by atomic mass is 10.2. The van der Waals surface area contributed by atoms with E-state index in [1.165, 1.54) is 17.9 Å². The maximum atomic E-state index is 14.7. The van der Waals surface area contributed by atoms with Crippen molar-refractivity contribution in [3.63, 3.8) is 0 Å². The van der Waals surface area contributed by atoms with E-state index in [4.69, 9.17) is 4.74 Å². The first kappa shape index (κ1) is 17.0. The van der Waals surface area contributed by atoms with Crippen molar-refractivity contribution >= 4 is 28.6 Å². The Bertz CT molecular complexity index is 1000. The van der Waals surface area contributed by atoms with Crippen LogP contribution in [0.25, 0.3) is 16.6 Å². The Kier molecular flexibility index (Phi) is 4.23. The number of fused-ring (bicyclic) bond motifs is 1. The fraction of sp³-hybridized carbons (Fsp3) is 0.211. The molecule has 1 atom stereocenters. The summed E-state index contributed by atoms with van der Waals surface area (Å²) < 4.78 is 21.6. The van der Waals surface area contributed by atoms with Gasteiger partial charge in [0.2, 0.25) is 5.91 Å². The molecule has 3 heterocycles. The molecule has 0 unspecified atom stereocenters. The summed E-state index contributed by atoms with van der Waals surface area (Å²) in [5.74, 6) is -0.667. The van der Waals surface area contributed by atoms with E-state index >= 15 is 0 Å². The number of hydrogen-bond acceptors (Lipinski definition) is 4. The number of pyridine rings is 1. The van der Waals surface area contributed by atoms with Crippen LogP contribution in [-0.4, -0.2) is 40.7 Å². The zero-order chi connectivity index (χ0) is 19.0. The second-order valence-electron chi connectivity index (χ2n) is 6.33. The van der Waals surface area contributed by atoms with Crippen molar-refractivity contribution in [1.29, 1.82) is 0 Å². The third kappa shape index (κ3) is 3.33. The maximum absolute atomic E-state index is 14.7. The van der Waals surface area contributed by atoms with E-state index in [0.29, 0.717) is 11.4 Å². The molecule has 0 bridgehead atoms. The van der Waals surface area contributed by atoms with Gasteiger partial charge >= 0.3 is 6.09 Å². The number of aromatic nitrogens is 2. The molecule has 0 radical (unpaired) electrons. The van der Waals surface area contributed by atoms with Crippen molar-refractivity contribution in [2.75, 3.05) is 18.0 Å². The van der Waals surface area contributed by atoms with Gasteiger partial charge in [0.25, 0.3) is 0 Å². The Morgan fingerprint density at radius 3 is 2.96 bits per heavy atom. The van der Waals surface area contributed by atoms with Gasteiger partial charge in [0, 0.05) is 30.9 Å². The maximum Gasteiger partial charge on any atom is 0.414 e. The second-order valence-corrected chi connectivity index (χ2v) is 6.33. The first-order valence-electron chi connectivity index (χ1n) is 8.46. The lowest BCUT2D eigenvalue weighted by Gasteiger charge is -2.14. The van der Waals surface area contributed by atoms with Gasteiger partial charge in [0.15, 0.2) is 0 Å². The number of halogens is 1. The van der Waals surface area contributed by atoms with Crippen molar-refractivity contribution in [1.82, 2.24) is 14.9 Å². The summed E-state index contributed by atoms with van der Waals surface area (Å²) in [5, 5.41) is 3.52. The Morgan fingerprint density at radius 2 is 2.22 bits per heavy atom. The number of cyclic esters (lactones) is 1. The molecule has 7 nitrogen and oxygen atoms in total. The summed E-state index contributed by atoms with van der Waals surface area (Å²) in [6.45, 7) is 1.86. The highest BCUT2D eigenvalue weighted by Crippen LogP contribution is 2.26. The van der Waals surface area contributed by atoms with Gasteiger partial charge in [0.1, 0.15) is 11.9 Å². The number of carbonyl (C=O) groups is 2. The number of benzene rings is 1. The molecule has 4 rings (SSSR count). The fourth-order valence-corrected chi connectivity index (χ4v) is 3.07. The molecule has 2 amide bonds. The highest BCUT2D eigenvalue weighted by atomic mass is 19.1. The number of anilines is 1. The van der Waals surface area contributed by atoms with Crippen LogP contribution in [-0.2, 0) is 9.53 Å². The standard InChI is InChI=1S/C19H17FN4O3/c1-12(25)22-8-15-10-24(19(26)27-15)14-4-5-18(16(20)7-14)23-9-13-3-2-6-21-17(13)11-23/h2-7,9,11,15H,8,10H2,1H3,(H,22,25)/t15-/m0/s1. The zero-order valence-corrected chi connectivity index (χ0v) is 14.6. The van der Waals surface area contributed by atoms with Gasteiger partial charge in [-0.05, 0) is 30.3 Å². The lowest BCUT2D eigenvalue weighted by molar-refractivity contribution is -0.119. The molecule has 1 saturated heterocycles. The van der Waals surface area contributed by atoms with Crippen molar-refractivity contribution < 1.29 is 18.7 Å². The van der Waals surface area contributed by atoms with Gasteiger partial charge in [-0.25, -0.2) is 9.18 Å². The van der Waals surface area contributed by atoms with Crippen LogP contribution in [0, 0.1) is 5.82 Å². The van der Waals surface area contributed by atoms with Gasteiger partial charge in [-0.15, -0.1) is 0 Å². The van der Waals surface area contributed by atoms with E-state index in [0.717, 1.165) is 10.9 Å². The summed E-state index contributed by atoms with van der Waals surface area (Å²) in [4.78, 5) is 28.7. The summed E-state index contributed by atoms with van der Waals surface area (Å²) in [5.41, 5.74) is 1.53.